The Morgan fingerprint density at radius 2 is 1.32 bits per heavy atom. The number of Topliss-reactive ketones (excluding diaryl/α,β-unsaturated/α-hetero) is 1. The molecule has 0 fully saturated rings. The molecule has 192 valence electrons. The van der Waals surface area contributed by atoms with Crippen molar-refractivity contribution in [1.29, 1.82) is 5.41 Å². The zero-order valence-electron chi connectivity index (χ0n) is 20.8. The Labute approximate surface area is 219 Å². The Bertz CT molecular complexity index is 1420. The molecule has 0 aliphatic carbocycles. The van der Waals surface area contributed by atoms with Crippen LogP contribution < -0.4 is 4.74 Å². The smallest absolute Gasteiger partial charge is 0.406 e. The minimum atomic E-state index is -4.81. The van der Waals surface area contributed by atoms with Crippen LogP contribution in [0.25, 0.3) is 16.7 Å². The van der Waals surface area contributed by atoms with E-state index in [-0.39, 0.29) is 23.5 Å². The van der Waals surface area contributed by atoms with E-state index >= 15 is 0 Å². The Morgan fingerprint density at radius 3 is 1.87 bits per heavy atom. The molecule has 4 aromatic carbocycles. The SMILES string of the molecule is C=C(C)c1ccc(C(CC(=O)c2ccc(OC(F)(F)F)cc2)C(=N)c2ccc(-c3ccccc3)cc2)cc1. The summed E-state index contributed by atoms with van der Waals surface area (Å²) in [4.78, 5) is 13.2. The summed E-state index contributed by atoms with van der Waals surface area (Å²) < 4.78 is 41.4. The molecule has 0 radical (unpaired) electrons. The lowest BCUT2D eigenvalue weighted by molar-refractivity contribution is -0.274. The van der Waals surface area contributed by atoms with Crippen molar-refractivity contribution < 1.29 is 22.7 Å². The van der Waals surface area contributed by atoms with Crippen LogP contribution in [-0.2, 0) is 0 Å². The number of alkyl halides is 3. The zero-order valence-corrected chi connectivity index (χ0v) is 20.8. The Hall–Kier alpha value is -4.45. The number of ketones is 1. The first kappa shape index (κ1) is 26.6. The van der Waals surface area contributed by atoms with Crippen LogP contribution in [0, 0.1) is 5.41 Å². The molecule has 0 aliphatic rings. The van der Waals surface area contributed by atoms with E-state index in [1.165, 1.54) is 12.1 Å². The van der Waals surface area contributed by atoms with Gasteiger partial charge in [-0.05, 0) is 59.0 Å². The van der Waals surface area contributed by atoms with Crippen molar-refractivity contribution in [1.82, 2.24) is 0 Å². The second kappa shape index (κ2) is 11.3. The predicted molar refractivity (Wildman–Crippen MR) is 145 cm³/mol. The van der Waals surface area contributed by atoms with E-state index in [4.69, 9.17) is 5.41 Å². The summed E-state index contributed by atoms with van der Waals surface area (Å²) in [5.41, 5.74) is 5.92. The molecular formula is C32H26F3NO2. The molecule has 0 saturated heterocycles. The lowest BCUT2D eigenvalue weighted by Crippen LogP contribution is -2.18. The summed E-state index contributed by atoms with van der Waals surface area (Å²) in [5.74, 6) is -1.24. The van der Waals surface area contributed by atoms with Crippen LogP contribution in [0.15, 0.2) is 110 Å². The maximum absolute atomic E-state index is 13.2. The third-order valence-electron chi connectivity index (χ3n) is 6.26. The normalized spacial score (nSPS) is 12.0. The summed E-state index contributed by atoms with van der Waals surface area (Å²) in [6, 6.07) is 30.0. The van der Waals surface area contributed by atoms with Crippen LogP contribution in [0.4, 0.5) is 13.2 Å². The van der Waals surface area contributed by atoms with E-state index in [0.29, 0.717) is 5.56 Å². The molecule has 0 heterocycles. The van der Waals surface area contributed by atoms with Crippen molar-refractivity contribution in [3.05, 3.63) is 132 Å². The van der Waals surface area contributed by atoms with Crippen molar-refractivity contribution in [2.45, 2.75) is 25.6 Å². The number of benzene rings is 4. The summed E-state index contributed by atoms with van der Waals surface area (Å²) in [6.45, 7) is 5.86. The van der Waals surface area contributed by atoms with Crippen molar-refractivity contribution in [2.24, 2.45) is 0 Å². The molecule has 4 aromatic rings. The molecule has 38 heavy (non-hydrogen) atoms. The minimum absolute atomic E-state index is 0.0227. The Morgan fingerprint density at radius 1 is 0.789 bits per heavy atom. The molecule has 1 atom stereocenters. The lowest BCUT2D eigenvalue weighted by atomic mass is 9.84. The molecule has 1 unspecified atom stereocenters. The Balaban J connectivity index is 1.61. The fourth-order valence-corrected chi connectivity index (χ4v) is 4.21. The molecule has 1 N–H and O–H groups in total. The molecule has 0 spiro atoms. The number of rotatable bonds is 9. The third kappa shape index (κ3) is 6.65. The monoisotopic (exact) mass is 513 g/mol. The number of carbonyl (C=O) groups excluding carboxylic acids is 1. The fraction of sp³-hybridized carbons (Fsp3) is 0.125. The van der Waals surface area contributed by atoms with Crippen LogP contribution in [0.5, 0.6) is 5.75 Å². The van der Waals surface area contributed by atoms with E-state index < -0.39 is 18.0 Å². The van der Waals surface area contributed by atoms with Gasteiger partial charge in [-0.1, -0.05) is 91.0 Å². The lowest BCUT2D eigenvalue weighted by Gasteiger charge is -2.20. The standard InChI is InChI=1S/C32H26F3NO2/c1-21(2)22-8-12-25(13-9-22)29(20-30(37)26-16-18-28(19-17-26)38-32(33,34)35)31(36)27-14-10-24(11-15-27)23-6-4-3-5-7-23/h3-19,29,36H,1,20H2,2H3. The Kier molecular flexibility index (Phi) is 7.91. The van der Waals surface area contributed by atoms with Gasteiger partial charge in [0.05, 0.1) is 0 Å². The average molecular weight is 514 g/mol. The van der Waals surface area contributed by atoms with Crippen molar-refractivity contribution in [2.75, 3.05) is 0 Å². The van der Waals surface area contributed by atoms with Crippen molar-refractivity contribution >= 4 is 17.1 Å². The largest absolute Gasteiger partial charge is 0.573 e. The van der Waals surface area contributed by atoms with Gasteiger partial charge in [0, 0.05) is 23.6 Å². The van der Waals surface area contributed by atoms with Crippen LogP contribution in [0.1, 0.15) is 46.3 Å². The first-order valence-electron chi connectivity index (χ1n) is 12.0. The second-order valence-corrected chi connectivity index (χ2v) is 9.01. The summed E-state index contributed by atoms with van der Waals surface area (Å²) in [6.07, 6.45) is -4.83. The highest BCUT2D eigenvalue weighted by atomic mass is 19.4. The van der Waals surface area contributed by atoms with Crippen LogP contribution in [-0.4, -0.2) is 17.9 Å². The predicted octanol–water partition coefficient (Wildman–Crippen LogP) is 8.71. The maximum Gasteiger partial charge on any atom is 0.573 e. The van der Waals surface area contributed by atoms with E-state index in [1.807, 2.05) is 85.8 Å². The minimum Gasteiger partial charge on any atom is -0.406 e. The van der Waals surface area contributed by atoms with Gasteiger partial charge in [0.1, 0.15) is 5.75 Å². The highest BCUT2D eigenvalue weighted by molar-refractivity contribution is 6.07. The van der Waals surface area contributed by atoms with E-state index in [1.54, 1.807) is 0 Å². The van der Waals surface area contributed by atoms with E-state index in [2.05, 4.69) is 11.3 Å². The quantitative estimate of drug-likeness (QED) is 0.180. The molecule has 6 heteroatoms. The van der Waals surface area contributed by atoms with Gasteiger partial charge >= 0.3 is 6.36 Å². The molecule has 0 bridgehead atoms. The summed E-state index contributed by atoms with van der Waals surface area (Å²) >= 11 is 0. The molecule has 4 rings (SSSR count). The molecule has 3 nitrogen and oxygen atoms in total. The van der Waals surface area contributed by atoms with Crippen molar-refractivity contribution in [3.8, 4) is 16.9 Å². The van der Waals surface area contributed by atoms with Crippen LogP contribution in [0.2, 0.25) is 0 Å². The molecular weight excluding hydrogens is 487 g/mol. The number of allylic oxidation sites excluding steroid dienone is 1. The highest BCUT2D eigenvalue weighted by Gasteiger charge is 2.31. The molecule has 0 saturated carbocycles. The van der Waals surface area contributed by atoms with Crippen LogP contribution >= 0.6 is 0 Å². The summed E-state index contributed by atoms with van der Waals surface area (Å²) in [7, 11) is 0. The number of ether oxygens (including phenoxy) is 1. The van der Waals surface area contributed by atoms with Gasteiger partial charge in [-0.15, -0.1) is 13.2 Å². The van der Waals surface area contributed by atoms with Gasteiger partial charge in [-0.2, -0.15) is 0 Å². The van der Waals surface area contributed by atoms with Gasteiger partial charge in [-0.3, -0.25) is 4.79 Å². The van der Waals surface area contributed by atoms with E-state index in [9.17, 15) is 18.0 Å². The van der Waals surface area contributed by atoms with Crippen LogP contribution in [0.3, 0.4) is 0 Å². The number of hydrogen-bond acceptors (Lipinski definition) is 3. The fourth-order valence-electron chi connectivity index (χ4n) is 4.21. The topological polar surface area (TPSA) is 50.2 Å². The van der Waals surface area contributed by atoms with Gasteiger partial charge in [0.2, 0.25) is 0 Å². The number of hydrogen-bond donors (Lipinski definition) is 1. The zero-order chi connectivity index (χ0) is 27.3. The highest BCUT2D eigenvalue weighted by Crippen LogP contribution is 2.30. The number of halogens is 3. The molecule has 0 aromatic heterocycles. The first-order chi connectivity index (χ1) is 18.1. The third-order valence-corrected chi connectivity index (χ3v) is 6.26. The van der Waals surface area contributed by atoms with Crippen molar-refractivity contribution in [3.63, 3.8) is 0 Å². The maximum atomic E-state index is 13.2. The second-order valence-electron chi connectivity index (χ2n) is 9.01. The number of carbonyl (C=O) groups is 1. The van der Waals surface area contributed by atoms with Gasteiger partial charge < -0.3 is 10.1 Å². The summed E-state index contributed by atoms with van der Waals surface area (Å²) in [5, 5.41) is 9.01. The number of nitrogens with one attached hydrogen (secondary N) is 1. The van der Waals surface area contributed by atoms with Gasteiger partial charge in [0.25, 0.3) is 0 Å². The van der Waals surface area contributed by atoms with Gasteiger partial charge in [-0.25, -0.2) is 0 Å². The first-order valence-corrected chi connectivity index (χ1v) is 12.0. The molecule has 0 aliphatic heterocycles. The van der Waals surface area contributed by atoms with Gasteiger partial charge in [0.15, 0.2) is 5.78 Å². The molecule has 0 amide bonds. The van der Waals surface area contributed by atoms with E-state index in [0.717, 1.165) is 40.0 Å². The average Bonchev–Trinajstić information content (AvgIpc) is 2.91.